The number of hydrogen-bond donors (Lipinski definition) is 2. The van der Waals surface area contributed by atoms with Crippen LogP contribution in [0.25, 0.3) is 0 Å². The van der Waals surface area contributed by atoms with E-state index in [1.165, 1.54) is 11.0 Å². The maximum Gasteiger partial charge on any atom is 0.240 e. The molecular formula is C16H22N2O5S. The number of ether oxygens (including phenoxy) is 1. The Morgan fingerprint density at radius 1 is 1.33 bits per heavy atom. The highest BCUT2D eigenvalue weighted by Gasteiger charge is 2.34. The number of nitrogens with zero attached hydrogens (tertiary/aromatic N) is 1. The molecule has 1 aromatic carbocycles. The first-order valence-corrected chi connectivity index (χ1v) is 9.43. The molecule has 0 aromatic heterocycles. The van der Waals surface area contributed by atoms with Crippen molar-refractivity contribution in [2.45, 2.75) is 24.2 Å². The first kappa shape index (κ1) is 17.3. The summed E-state index contributed by atoms with van der Waals surface area (Å²) in [4.78, 5) is 13.4. The minimum absolute atomic E-state index is 0.0473. The number of carbonyl (C=O) groups excluding carboxylic acids is 1. The van der Waals surface area contributed by atoms with E-state index in [9.17, 15) is 18.3 Å². The molecule has 1 saturated heterocycles. The first-order chi connectivity index (χ1) is 11.4. The summed E-state index contributed by atoms with van der Waals surface area (Å²) < 4.78 is 33.0. The number of sulfonamides is 1. The van der Waals surface area contributed by atoms with Crippen LogP contribution in [0.4, 0.5) is 5.69 Å². The highest BCUT2D eigenvalue weighted by atomic mass is 32.2. The van der Waals surface area contributed by atoms with Gasteiger partial charge in [0.15, 0.2) is 0 Å². The lowest BCUT2D eigenvalue weighted by atomic mass is 9.81. The summed E-state index contributed by atoms with van der Waals surface area (Å²) in [5.41, 5.74) is 0.988. The van der Waals surface area contributed by atoms with E-state index in [-0.39, 0.29) is 30.4 Å². The molecule has 2 aliphatic rings. The molecule has 8 heteroatoms. The van der Waals surface area contributed by atoms with Crippen LogP contribution in [0.3, 0.4) is 0 Å². The van der Waals surface area contributed by atoms with Crippen molar-refractivity contribution >= 4 is 21.6 Å². The van der Waals surface area contributed by atoms with Gasteiger partial charge < -0.3 is 14.7 Å². The Bertz CT molecular complexity index is 741. The lowest BCUT2D eigenvalue weighted by molar-refractivity contribution is -0.117. The number of amides is 1. The van der Waals surface area contributed by atoms with E-state index in [0.29, 0.717) is 31.6 Å². The lowest BCUT2D eigenvalue weighted by Gasteiger charge is -2.35. The van der Waals surface area contributed by atoms with Crippen LogP contribution in [-0.2, 0) is 26.0 Å². The van der Waals surface area contributed by atoms with E-state index in [1.54, 1.807) is 19.2 Å². The molecule has 0 spiro atoms. The molecule has 0 radical (unpaired) electrons. The van der Waals surface area contributed by atoms with Gasteiger partial charge in [-0.1, -0.05) is 0 Å². The molecule has 0 bridgehead atoms. The number of likely N-dealkylation sites (N-methyl/N-ethyl adjacent to an activating group) is 1. The fourth-order valence-electron chi connectivity index (χ4n) is 3.14. The molecule has 2 aliphatic heterocycles. The zero-order chi connectivity index (χ0) is 17.4. The smallest absolute Gasteiger partial charge is 0.240 e. The lowest BCUT2D eigenvalue weighted by Crippen LogP contribution is -2.43. The fraction of sp³-hybridized carbons (Fsp3) is 0.562. The summed E-state index contributed by atoms with van der Waals surface area (Å²) in [6.45, 7) is 1.14. The molecule has 3 rings (SSSR count). The van der Waals surface area contributed by atoms with Gasteiger partial charge in [0, 0.05) is 37.9 Å². The third-order valence-electron chi connectivity index (χ3n) is 4.96. The number of rotatable bonds is 5. The minimum atomic E-state index is -3.70. The highest BCUT2D eigenvalue weighted by molar-refractivity contribution is 7.89. The largest absolute Gasteiger partial charge is 0.396 e. The zero-order valence-electron chi connectivity index (χ0n) is 13.6. The summed E-state index contributed by atoms with van der Waals surface area (Å²) in [5, 5.41) is 9.66. The van der Waals surface area contributed by atoms with Gasteiger partial charge in [-0.25, -0.2) is 13.1 Å². The molecule has 7 nitrogen and oxygen atoms in total. The van der Waals surface area contributed by atoms with Gasteiger partial charge >= 0.3 is 0 Å². The van der Waals surface area contributed by atoms with Crippen molar-refractivity contribution in [1.29, 1.82) is 0 Å². The Hall–Kier alpha value is -1.48. The number of hydrogen-bond acceptors (Lipinski definition) is 5. The summed E-state index contributed by atoms with van der Waals surface area (Å²) in [6, 6.07) is 4.71. The van der Waals surface area contributed by atoms with Crippen LogP contribution in [0.2, 0.25) is 0 Å². The quantitative estimate of drug-likeness (QED) is 0.791. The maximum absolute atomic E-state index is 12.6. The number of carbonyl (C=O) groups is 1. The second kappa shape index (κ2) is 6.44. The Balaban J connectivity index is 1.77. The first-order valence-electron chi connectivity index (χ1n) is 7.95. The van der Waals surface area contributed by atoms with Crippen molar-refractivity contribution in [1.82, 2.24) is 4.72 Å². The van der Waals surface area contributed by atoms with Crippen molar-refractivity contribution in [2.75, 3.05) is 38.3 Å². The van der Waals surface area contributed by atoms with Gasteiger partial charge in [0.2, 0.25) is 15.9 Å². The molecule has 0 aliphatic carbocycles. The van der Waals surface area contributed by atoms with E-state index in [2.05, 4.69) is 4.72 Å². The predicted octanol–water partition coefficient (Wildman–Crippen LogP) is 0.273. The monoisotopic (exact) mass is 354 g/mol. The Labute approximate surface area is 141 Å². The summed E-state index contributed by atoms with van der Waals surface area (Å²) in [5.74, 6) is -0.0473. The number of benzene rings is 1. The van der Waals surface area contributed by atoms with Gasteiger partial charge in [-0.05, 0) is 36.6 Å². The average Bonchev–Trinajstić information content (AvgIpc) is 2.88. The van der Waals surface area contributed by atoms with E-state index in [1.807, 2.05) is 0 Å². The minimum Gasteiger partial charge on any atom is -0.396 e. The van der Waals surface area contributed by atoms with Crippen molar-refractivity contribution < 1.29 is 23.1 Å². The fourth-order valence-corrected chi connectivity index (χ4v) is 4.35. The Kier molecular flexibility index (Phi) is 4.65. The van der Waals surface area contributed by atoms with Gasteiger partial charge in [0.25, 0.3) is 0 Å². The number of nitrogens with one attached hydrogen (secondary N) is 1. The van der Waals surface area contributed by atoms with Crippen molar-refractivity contribution in [3.8, 4) is 0 Å². The number of aliphatic hydroxyl groups excluding tert-OH is 1. The summed E-state index contributed by atoms with van der Waals surface area (Å²) in [6.07, 6.45) is 1.46. The van der Waals surface area contributed by atoms with Crippen molar-refractivity contribution in [3.05, 3.63) is 23.8 Å². The SMILES string of the molecule is CN1C(=O)Cc2cc(S(=O)(=O)NCC3(CO)CCOCC3)ccc21. The predicted molar refractivity (Wildman–Crippen MR) is 88.3 cm³/mol. The van der Waals surface area contributed by atoms with E-state index < -0.39 is 15.4 Å². The van der Waals surface area contributed by atoms with E-state index >= 15 is 0 Å². The molecule has 1 fully saturated rings. The second-order valence-electron chi connectivity index (χ2n) is 6.52. The molecule has 24 heavy (non-hydrogen) atoms. The highest BCUT2D eigenvalue weighted by Crippen LogP contribution is 2.31. The third-order valence-corrected chi connectivity index (χ3v) is 6.36. The van der Waals surface area contributed by atoms with Crippen LogP contribution in [-0.4, -0.2) is 52.8 Å². The number of fused-ring (bicyclic) bond motifs is 1. The van der Waals surface area contributed by atoms with Crippen LogP contribution in [0.1, 0.15) is 18.4 Å². The average molecular weight is 354 g/mol. The van der Waals surface area contributed by atoms with Crippen LogP contribution < -0.4 is 9.62 Å². The number of aliphatic hydroxyl groups is 1. The van der Waals surface area contributed by atoms with Crippen LogP contribution >= 0.6 is 0 Å². The standard InChI is InChI=1S/C16H22N2O5S/c1-18-14-3-2-13(8-12(14)9-15(18)20)24(21,22)17-10-16(11-19)4-6-23-7-5-16/h2-3,8,17,19H,4-7,9-11H2,1H3. The molecule has 0 unspecified atom stereocenters. The Morgan fingerprint density at radius 3 is 2.71 bits per heavy atom. The summed E-state index contributed by atoms with van der Waals surface area (Å²) in [7, 11) is -2.02. The van der Waals surface area contributed by atoms with Gasteiger partial charge in [-0.2, -0.15) is 0 Å². The third kappa shape index (κ3) is 3.19. The molecular weight excluding hydrogens is 332 g/mol. The van der Waals surface area contributed by atoms with E-state index in [4.69, 9.17) is 4.74 Å². The normalized spacial score (nSPS) is 20.2. The van der Waals surface area contributed by atoms with Gasteiger partial charge in [-0.3, -0.25) is 4.79 Å². The van der Waals surface area contributed by atoms with Gasteiger partial charge in [0.05, 0.1) is 17.9 Å². The second-order valence-corrected chi connectivity index (χ2v) is 8.28. The van der Waals surface area contributed by atoms with Gasteiger partial charge in [-0.15, -0.1) is 0 Å². The molecule has 0 atom stereocenters. The number of anilines is 1. The molecule has 1 aromatic rings. The van der Waals surface area contributed by atoms with Crippen molar-refractivity contribution in [2.24, 2.45) is 5.41 Å². The van der Waals surface area contributed by atoms with Crippen LogP contribution in [0.15, 0.2) is 23.1 Å². The van der Waals surface area contributed by atoms with Crippen molar-refractivity contribution in [3.63, 3.8) is 0 Å². The van der Waals surface area contributed by atoms with Crippen LogP contribution in [0.5, 0.6) is 0 Å². The zero-order valence-corrected chi connectivity index (χ0v) is 14.4. The van der Waals surface area contributed by atoms with Crippen LogP contribution in [0, 0.1) is 5.41 Å². The molecule has 2 heterocycles. The molecule has 2 N–H and O–H groups in total. The van der Waals surface area contributed by atoms with Gasteiger partial charge in [0.1, 0.15) is 0 Å². The topological polar surface area (TPSA) is 95.9 Å². The summed E-state index contributed by atoms with van der Waals surface area (Å²) >= 11 is 0. The molecule has 1 amide bonds. The maximum atomic E-state index is 12.6. The Morgan fingerprint density at radius 2 is 2.04 bits per heavy atom. The van der Waals surface area contributed by atoms with E-state index in [0.717, 1.165) is 5.69 Å². The molecule has 132 valence electrons. The molecule has 0 saturated carbocycles.